The largest absolute Gasteiger partial charge is 0.452 e. The van der Waals surface area contributed by atoms with Crippen LogP contribution in [0.1, 0.15) is 21.5 Å². The number of ether oxygens (including phenoxy) is 1. The van der Waals surface area contributed by atoms with Crippen LogP contribution in [0.4, 0.5) is 0 Å². The number of halogens is 1. The highest BCUT2D eigenvalue weighted by molar-refractivity contribution is 7.07. The van der Waals surface area contributed by atoms with E-state index >= 15 is 0 Å². The van der Waals surface area contributed by atoms with Crippen molar-refractivity contribution in [3.63, 3.8) is 0 Å². The number of amides is 1. The zero-order chi connectivity index (χ0) is 19.2. The van der Waals surface area contributed by atoms with Gasteiger partial charge in [-0.25, -0.2) is 4.79 Å². The van der Waals surface area contributed by atoms with Crippen LogP contribution in [-0.2, 0) is 16.1 Å². The van der Waals surface area contributed by atoms with Gasteiger partial charge in [-0.2, -0.15) is 4.99 Å². The topological polar surface area (TPSA) is 60.7 Å². The zero-order valence-corrected chi connectivity index (χ0v) is 16.2. The van der Waals surface area contributed by atoms with Crippen molar-refractivity contribution in [2.75, 3.05) is 6.61 Å². The van der Waals surface area contributed by atoms with Crippen LogP contribution in [-0.4, -0.2) is 23.1 Å². The van der Waals surface area contributed by atoms with Crippen LogP contribution in [0.2, 0.25) is 5.02 Å². The third kappa shape index (κ3) is 4.93. The van der Waals surface area contributed by atoms with Gasteiger partial charge in [0.05, 0.1) is 12.1 Å². The Morgan fingerprint density at radius 1 is 1.15 bits per heavy atom. The van der Waals surface area contributed by atoms with Gasteiger partial charge >= 0.3 is 5.97 Å². The van der Waals surface area contributed by atoms with Gasteiger partial charge < -0.3 is 9.30 Å². The molecule has 0 atom stereocenters. The minimum Gasteiger partial charge on any atom is -0.452 e. The first-order valence-corrected chi connectivity index (χ1v) is 9.48. The van der Waals surface area contributed by atoms with Gasteiger partial charge in [-0.15, -0.1) is 11.3 Å². The summed E-state index contributed by atoms with van der Waals surface area (Å²) >= 11 is 7.52. The molecule has 0 spiro atoms. The fourth-order valence-electron chi connectivity index (χ4n) is 2.46. The highest BCUT2D eigenvalue weighted by atomic mass is 35.5. The van der Waals surface area contributed by atoms with Gasteiger partial charge in [0.25, 0.3) is 5.91 Å². The van der Waals surface area contributed by atoms with E-state index in [-0.39, 0.29) is 0 Å². The maximum absolute atomic E-state index is 12.1. The maximum atomic E-state index is 12.1. The van der Waals surface area contributed by atoms with Crippen molar-refractivity contribution in [1.29, 1.82) is 0 Å². The first-order chi connectivity index (χ1) is 13.0. The Labute approximate surface area is 165 Å². The number of carbonyl (C=O) groups is 2. The van der Waals surface area contributed by atoms with Crippen molar-refractivity contribution in [2.45, 2.75) is 13.5 Å². The summed E-state index contributed by atoms with van der Waals surface area (Å²) in [6.07, 6.45) is 1.83. The Bertz CT molecular complexity index is 1040. The number of nitrogens with zero attached hydrogens (tertiary/aromatic N) is 2. The number of rotatable bonds is 5. The third-order valence-corrected chi connectivity index (χ3v) is 5.03. The molecule has 0 aliphatic rings. The van der Waals surface area contributed by atoms with E-state index in [0.717, 1.165) is 11.1 Å². The van der Waals surface area contributed by atoms with Gasteiger partial charge in [0.2, 0.25) is 0 Å². The summed E-state index contributed by atoms with van der Waals surface area (Å²) in [7, 11) is 0. The molecule has 0 N–H and O–H groups in total. The van der Waals surface area contributed by atoms with Crippen LogP contribution >= 0.6 is 22.9 Å². The minimum absolute atomic E-state index is 0.406. The van der Waals surface area contributed by atoms with Crippen LogP contribution in [0.25, 0.3) is 0 Å². The van der Waals surface area contributed by atoms with Gasteiger partial charge in [0.15, 0.2) is 11.4 Å². The Hall–Kier alpha value is -2.70. The molecule has 1 aromatic heterocycles. The van der Waals surface area contributed by atoms with Crippen molar-refractivity contribution in [3.8, 4) is 0 Å². The van der Waals surface area contributed by atoms with Crippen molar-refractivity contribution in [2.24, 2.45) is 4.99 Å². The summed E-state index contributed by atoms with van der Waals surface area (Å²) in [5, 5.41) is 2.49. The smallest absolute Gasteiger partial charge is 0.338 e. The Kier molecular flexibility index (Phi) is 6.21. The van der Waals surface area contributed by atoms with E-state index in [1.807, 2.05) is 59.5 Å². The van der Waals surface area contributed by atoms with Crippen molar-refractivity contribution < 1.29 is 14.3 Å². The average Bonchev–Trinajstić information content (AvgIpc) is 3.08. The lowest BCUT2D eigenvalue weighted by molar-refractivity contribution is -0.121. The molecular formula is C20H17ClN2O3S. The molecule has 27 heavy (non-hydrogen) atoms. The molecule has 0 saturated heterocycles. The van der Waals surface area contributed by atoms with Crippen LogP contribution < -0.4 is 4.80 Å². The Balaban J connectivity index is 1.68. The summed E-state index contributed by atoms with van der Waals surface area (Å²) in [4.78, 5) is 28.8. The molecule has 0 radical (unpaired) electrons. The summed E-state index contributed by atoms with van der Waals surface area (Å²) in [6.45, 7) is 1.90. The standard InChI is InChI=1S/C20H17ClN2O3S/c1-14-6-2-4-8-16(14)19(25)26-13-18(24)22-20-23(10-11-27-20)12-15-7-3-5-9-17(15)21/h2-11H,12-13H2,1H3. The van der Waals surface area contributed by atoms with Gasteiger partial charge in [-0.3, -0.25) is 4.79 Å². The minimum atomic E-state index is -0.535. The number of hydrogen-bond acceptors (Lipinski definition) is 4. The van der Waals surface area contributed by atoms with Crippen LogP contribution in [0, 0.1) is 6.92 Å². The molecule has 0 aliphatic carbocycles. The molecule has 2 aromatic carbocycles. The number of carbonyl (C=O) groups excluding carboxylic acids is 2. The highest BCUT2D eigenvalue weighted by Crippen LogP contribution is 2.15. The fourth-order valence-corrected chi connectivity index (χ4v) is 3.40. The molecule has 0 bridgehead atoms. The van der Waals surface area contributed by atoms with Gasteiger partial charge in [0, 0.05) is 16.6 Å². The Morgan fingerprint density at radius 2 is 1.89 bits per heavy atom. The molecular weight excluding hydrogens is 384 g/mol. The molecule has 3 rings (SSSR count). The van der Waals surface area contributed by atoms with Gasteiger partial charge in [-0.05, 0) is 30.2 Å². The first-order valence-electron chi connectivity index (χ1n) is 8.22. The second kappa shape index (κ2) is 8.79. The molecule has 1 amide bonds. The van der Waals surface area contributed by atoms with E-state index in [1.54, 1.807) is 12.1 Å². The lowest BCUT2D eigenvalue weighted by Gasteiger charge is -2.06. The van der Waals surface area contributed by atoms with Crippen LogP contribution in [0.3, 0.4) is 0 Å². The van der Waals surface area contributed by atoms with Crippen LogP contribution in [0.5, 0.6) is 0 Å². The monoisotopic (exact) mass is 400 g/mol. The molecule has 0 fully saturated rings. The molecule has 0 unspecified atom stereocenters. The lowest BCUT2D eigenvalue weighted by Crippen LogP contribution is -2.20. The number of thiazole rings is 1. The number of aromatic nitrogens is 1. The summed E-state index contributed by atoms with van der Waals surface area (Å²) < 4.78 is 6.92. The molecule has 7 heteroatoms. The van der Waals surface area contributed by atoms with Gasteiger partial charge in [-0.1, -0.05) is 48.0 Å². The van der Waals surface area contributed by atoms with Gasteiger partial charge in [0.1, 0.15) is 0 Å². The first kappa shape index (κ1) is 19.1. The Morgan fingerprint density at radius 3 is 2.67 bits per heavy atom. The second-order valence-corrected chi connectivity index (χ2v) is 7.08. The molecule has 138 valence electrons. The number of benzene rings is 2. The predicted molar refractivity (Wildman–Crippen MR) is 105 cm³/mol. The van der Waals surface area contributed by atoms with E-state index in [4.69, 9.17) is 16.3 Å². The van der Waals surface area contributed by atoms with E-state index in [2.05, 4.69) is 4.99 Å². The average molecular weight is 401 g/mol. The third-order valence-electron chi connectivity index (χ3n) is 3.87. The normalized spacial score (nSPS) is 11.4. The quantitative estimate of drug-likeness (QED) is 0.611. The summed E-state index contributed by atoms with van der Waals surface area (Å²) in [6, 6.07) is 14.6. The fraction of sp³-hybridized carbons (Fsp3) is 0.150. The van der Waals surface area contributed by atoms with Crippen molar-refractivity contribution in [1.82, 2.24) is 4.57 Å². The van der Waals surface area contributed by atoms with E-state index in [1.165, 1.54) is 11.3 Å². The maximum Gasteiger partial charge on any atom is 0.338 e. The van der Waals surface area contributed by atoms with E-state index in [9.17, 15) is 9.59 Å². The highest BCUT2D eigenvalue weighted by Gasteiger charge is 2.12. The molecule has 3 aromatic rings. The predicted octanol–water partition coefficient (Wildman–Crippen LogP) is 3.84. The van der Waals surface area contributed by atoms with E-state index < -0.39 is 18.5 Å². The van der Waals surface area contributed by atoms with E-state index in [0.29, 0.717) is 21.9 Å². The lowest BCUT2D eigenvalue weighted by atomic mass is 10.1. The molecule has 0 saturated carbocycles. The summed E-state index contributed by atoms with van der Waals surface area (Å²) in [5.41, 5.74) is 2.16. The van der Waals surface area contributed by atoms with Crippen molar-refractivity contribution in [3.05, 3.63) is 86.6 Å². The number of esters is 1. The molecule has 5 nitrogen and oxygen atoms in total. The number of hydrogen-bond donors (Lipinski definition) is 0. The summed E-state index contributed by atoms with van der Waals surface area (Å²) in [5.74, 6) is -1.06. The zero-order valence-electron chi connectivity index (χ0n) is 14.6. The molecule has 0 aliphatic heterocycles. The van der Waals surface area contributed by atoms with Crippen molar-refractivity contribution >= 4 is 34.8 Å². The second-order valence-electron chi connectivity index (χ2n) is 5.80. The van der Waals surface area contributed by atoms with Crippen LogP contribution in [0.15, 0.2) is 65.1 Å². The number of aryl methyl sites for hydroxylation is 1. The molecule has 1 heterocycles. The SMILES string of the molecule is Cc1ccccc1C(=O)OCC(=O)N=c1sccn1Cc1ccccc1Cl.